The first kappa shape index (κ1) is 18.4. The fourth-order valence-electron chi connectivity index (χ4n) is 1.80. The van der Waals surface area contributed by atoms with E-state index in [4.69, 9.17) is 0 Å². The van der Waals surface area contributed by atoms with Gasteiger partial charge in [0.2, 0.25) is 0 Å². The second-order valence-electron chi connectivity index (χ2n) is 4.74. The minimum absolute atomic E-state index is 0.282. The molecular formula is C14H10BrF3N2O3S. The summed E-state index contributed by atoms with van der Waals surface area (Å²) in [6.45, 7) is 1.81. The molecule has 0 aliphatic heterocycles. The van der Waals surface area contributed by atoms with E-state index in [0.717, 1.165) is 17.8 Å². The third kappa shape index (κ3) is 3.59. The van der Waals surface area contributed by atoms with E-state index in [0.29, 0.717) is 4.47 Å². The topological polar surface area (TPSA) is 76.1 Å². The number of amides is 1. The van der Waals surface area contributed by atoms with Crippen LogP contribution in [0.2, 0.25) is 0 Å². The van der Waals surface area contributed by atoms with Crippen molar-refractivity contribution in [1.82, 2.24) is 4.98 Å². The number of rotatable bonds is 3. The molecule has 1 heterocycles. The van der Waals surface area contributed by atoms with Gasteiger partial charge < -0.3 is 5.32 Å². The highest BCUT2D eigenvalue weighted by Crippen LogP contribution is 2.31. The number of aryl methyl sites for hydroxylation is 1. The maximum absolute atomic E-state index is 12.7. The van der Waals surface area contributed by atoms with Crippen molar-refractivity contribution < 1.29 is 26.4 Å². The number of alkyl halides is 3. The van der Waals surface area contributed by atoms with Crippen LogP contribution in [-0.4, -0.2) is 24.8 Å². The minimum atomic E-state index is -5.74. The summed E-state index contributed by atoms with van der Waals surface area (Å²) in [5.41, 5.74) is -5.07. The van der Waals surface area contributed by atoms with Crippen LogP contribution in [-0.2, 0) is 9.84 Å². The van der Waals surface area contributed by atoms with E-state index < -0.39 is 31.8 Å². The molecule has 0 aliphatic carbocycles. The summed E-state index contributed by atoms with van der Waals surface area (Å²) in [7, 11) is -5.74. The number of sulfone groups is 1. The van der Waals surface area contributed by atoms with Crippen LogP contribution in [0.3, 0.4) is 0 Å². The Morgan fingerprint density at radius 2 is 1.92 bits per heavy atom. The molecule has 1 N–H and O–H groups in total. The lowest BCUT2D eigenvalue weighted by molar-refractivity contribution is -0.0438. The predicted molar refractivity (Wildman–Crippen MR) is 84.3 cm³/mol. The number of carbonyl (C=O) groups is 1. The second-order valence-corrected chi connectivity index (χ2v) is 7.45. The Hall–Kier alpha value is -1.94. The van der Waals surface area contributed by atoms with Gasteiger partial charge >= 0.3 is 5.51 Å². The van der Waals surface area contributed by atoms with Crippen LogP contribution >= 0.6 is 15.9 Å². The summed E-state index contributed by atoms with van der Waals surface area (Å²) in [6.07, 6.45) is 0.872. The zero-order valence-corrected chi connectivity index (χ0v) is 14.5. The van der Waals surface area contributed by atoms with Gasteiger partial charge in [0.05, 0.1) is 11.3 Å². The van der Waals surface area contributed by atoms with Crippen LogP contribution in [0.1, 0.15) is 15.9 Å². The maximum atomic E-state index is 12.7. The van der Waals surface area contributed by atoms with Gasteiger partial charge in [-0.2, -0.15) is 13.2 Å². The molecule has 0 aliphatic rings. The zero-order valence-electron chi connectivity index (χ0n) is 12.1. The number of aromatic nitrogens is 1. The third-order valence-corrected chi connectivity index (χ3v) is 5.05. The van der Waals surface area contributed by atoms with E-state index in [1.54, 1.807) is 12.1 Å². The highest BCUT2D eigenvalue weighted by atomic mass is 79.9. The van der Waals surface area contributed by atoms with E-state index in [-0.39, 0.29) is 5.69 Å². The Labute approximate surface area is 144 Å². The average molecular weight is 423 g/mol. The first-order valence-electron chi connectivity index (χ1n) is 6.38. The SMILES string of the molecule is Cc1ccc(NC(=O)c2cccnc2S(=O)(=O)C(F)(F)F)c(Br)c1. The molecule has 0 unspecified atom stereocenters. The van der Waals surface area contributed by atoms with Crippen molar-refractivity contribution in [2.45, 2.75) is 17.5 Å². The van der Waals surface area contributed by atoms with Gasteiger partial charge in [-0.1, -0.05) is 6.07 Å². The Morgan fingerprint density at radius 1 is 1.25 bits per heavy atom. The number of nitrogens with one attached hydrogen (secondary N) is 1. The fourth-order valence-corrected chi connectivity index (χ4v) is 3.26. The lowest BCUT2D eigenvalue weighted by atomic mass is 10.2. The van der Waals surface area contributed by atoms with Crippen molar-refractivity contribution in [2.24, 2.45) is 0 Å². The number of anilines is 1. The summed E-state index contributed by atoms with van der Waals surface area (Å²) < 4.78 is 61.8. The van der Waals surface area contributed by atoms with Crippen LogP contribution in [0, 0.1) is 6.92 Å². The molecule has 24 heavy (non-hydrogen) atoms. The Kier molecular flexibility index (Phi) is 5.00. The molecule has 0 atom stereocenters. The van der Waals surface area contributed by atoms with Crippen LogP contribution in [0.25, 0.3) is 0 Å². The summed E-state index contributed by atoms with van der Waals surface area (Å²) in [5.74, 6) is -1.02. The Bertz CT molecular complexity index is 898. The number of pyridine rings is 1. The van der Waals surface area contributed by atoms with Crippen LogP contribution in [0.15, 0.2) is 46.0 Å². The van der Waals surface area contributed by atoms with Gasteiger partial charge in [-0.3, -0.25) is 4.79 Å². The average Bonchev–Trinajstić information content (AvgIpc) is 2.49. The molecule has 0 spiro atoms. The van der Waals surface area contributed by atoms with E-state index in [1.165, 1.54) is 12.1 Å². The van der Waals surface area contributed by atoms with Gasteiger partial charge in [0, 0.05) is 10.7 Å². The van der Waals surface area contributed by atoms with Crippen molar-refractivity contribution in [3.63, 3.8) is 0 Å². The van der Waals surface area contributed by atoms with Gasteiger partial charge in [0.1, 0.15) is 0 Å². The number of carbonyl (C=O) groups excluding carboxylic acids is 1. The number of nitrogens with zero attached hydrogens (tertiary/aromatic N) is 1. The zero-order chi connectivity index (χ0) is 18.1. The normalized spacial score (nSPS) is 12.0. The molecule has 128 valence electrons. The molecule has 2 aromatic rings. The highest BCUT2D eigenvalue weighted by Gasteiger charge is 2.49. The number of benzene rings is 1. The molecule has 0 fully saturated rings. The summed E-state index contributed by atoms with van der Waals surface area (Å²) in [5, 5.41) is 1.03. The summed E-state index contributed by atoms with van der Waals surface area (Å²) in [4.78, 5) is 15.5. The van der Waals surface area contributed by atoms with Crippen LogP contribution in [0.5, 0.6) is 0 Å². The number of hydrogen-bond acceptors (Lipinski definition) is 4. The Morgan fingerprint density at radius 3 is 2.50 bits per heavy atom. The first-order chi connectivity index (χ1) is 11.0. The molecule has 10 heteroatoms. The molecule has 1 aromatic heterocycles. The predicted octanol–water partition coefficient (Wildman–Crippen LogP) is 3.70. The largest absolute Gasteiger partial charge is 0.503 e. The quantitative estimate of drug-likeness (QED) is 0.817. The molecule has 1 amide bonds. The monoisotopic (exact) mass is 422 g/mol. The maximum Gasteiger partial charge on any atom is 0.503 e. The highest BCUT2D eigenvalue weighted by molar-refractivity contribution is 9.10. The molecule has 0 radical (unpaired) electrons. The molecule has 0 bridgehead atoms. The first-order valence-corrected chi connectivity index (χ1v) is 8.65. The van der Waals surface area contributed by atoms with Crippen LogP contribution < -0.4 is 5.32 Å². The van der Waals surface area contributed by atoms with Gasteiger partial charge in [0.15, 0.2) is 5.03 Å². The van der Waals surface area contributed by atoms with Gasteiger partial charge in [-0.15, -0.1) is 0 Å². The van der Waals surface area contributed by atoms with Crippen molar-refractivity contribution in [3.05, 3.63) is 52.1 Å². The molecule has 0 saturated carbocycles. The van der Waals surface area contributed by atoms with Gasteiger partial charge in [-0.25, -0.2) is 13.4 Å². The molecule has 2 rings (SSSR count). The number of hydrogen-bond donors (Lipinski definition) is 1. The van der Waals surface area contributed by atoms with Crippen LogP contribution in [0.4, 0.5) is 18.9 Å². The molecule has 0 saturated heterocycles. The van der Waals surface area contributed by atoms with Crippen molar-refractivity contribution >= 4 is 37.4 Å². The lowest BCUT2D eigenvalue weighted by Gasteiger charge is -2.12. The standard InChI is InChI=1S/C14H10BrF3N2O3S/c1-8-4-5-11(10(15)7-8)20-12(21)9-3-2-6-19-13(9)24(22,23)14(16,17)18/h2-7H,1H3,(H,20,21). The third-order valence-electron chi connectivity index (χ3n) is 2.95. The Balaban J connectivity index is 2.45. The fraction of sp³-hybridized carbons (Fsp3) is 0.143. The van der Waals surface area contributed by atoms with E-state index in [1.807, 2.05) is 6.92 Å². The van der Waals surface area contributed by atoms with E-state index in [9.17, 15) is 26.4 Å². The molecular weight excluding hydrogens is 413 g/mol. The van der Waals surface area contributed by atoms with E-state index in [2.05, 4.69) is 26.2 Å². The summed E-state index contributed by atoms with van der Waals surface area (Å²) >= 11 is 3.21. The number of halogens is 4. The van der Waals surface area contributed by atoms with Gasteiger partial charge in [0.25, 0.3) is 15.7 Å². The van der Waals surface area contributed by atoms with Crippen molar-refractivity contribution in [1.29, 1.82) is 0 Å². The van der Waals surface area contributed by atoms with Gasteiger partial charge in [-0.05, 0) is 52.7 Å². The minimum Gasteiger partial charge on any atom is -0.321 e. The van der Waals surface area contributed by atoms with Crippen molar-refractivity contribution in [3.8, 4) is 0 Å². The van der Waals surface area contributed by atoms with Crippen molar-refractivity contribution in [2.75, 3.05) is 5.32 Å². The van der Waals surface area contributed by atoms with E-state index >= 15 is 0 Å². The molecule has 1 aromatic carbocycles. The molecule has 5 nitrogen and oxygen atoms in total. The second kappa shape index (κ2) is 6.52. The summed E-state index contributed by atoms with van der Waals surface area (Å²) in [6, 6.07) is 7.03. The smallest absolute Gasteiger partial charge is 0.321 e. The lowest BCUT2D eigenvalue weighted by Crippen LogP contribution is -2.27.